The van der Waals surface area contributed by atoms with Crippen LogP contribution in [0.4, 0.5) is 0 Å². The van der Waals surface area contributed by atoms with E-state index in [-0.39, 0.29) is 24.1 Å². The van der Waals surface area contributed by atoms with Crippen LogP contribution in [0.5, 0.6) is 0 Å². The van der Waals surface area contributed by atoms with Crippen LogP contribution < -0.4 is 5.32 Å². The van der Waals surface area contributed by atoms with Crippen molar-refractivity contribution >= 4 is 23.8 Å². The highest BCUT2D eigenvalue weighted by molar-refractivity contribution is 6.04. The second kappa shape index (κ2) is 14.7. The highest BCUT2D eigenvalue weighted by atomic mass is 16.4. The number of aromatic carboxylic acids is 1. The average molecular weight is 498 g/mol. The summed E-state index contributed by atoms with van der Waals surface area (Å²) in [6.45, 7) is 2.37. The maximum Gasteiger partial charge on any atom is 0.336 e. The lowest BCUT2D eigenvalue weighted by Crippen LogP contribution is -2.27. The van der Waals surface area contributed by atoms with Crippen molar-refractivity contribution in [3.8, 4) is 0 Å². The molecule has 2 unspecified atom stereocenters. The van der Waals surface area contributed by atoms with E-state index in [9.17, 15) is 34.5 Å². The molecule has 0 radical (unpaired) electrons. The second-order valence-corrected chi connectivity index (χ2v) is 9.01. The zero-order valence-electron chi connectivity index (χ0n) is 20.6. The normalized spacial score (nSPS) is 12.5. The molecule has 0 aromatic heterocycles. The fourth-order valence-electron chi connectivity index (χ4n) is 4.21. The Hall–Kier alpha value is -3.68. The summed E-state index contributed by atoms with van der Waals surface area (Å²) in [6.07, 6.45) is 4.32. The van der Waals surface area contributed by atoms with Crippen LogP contribution in [0.25, 0.3) is 0 Å². The third kappa shape index (κ3) is 9.17. The molecule has 0 spiro atoms. The third-order valence-corrected chi connectivity index (χ3v) is 6.28. The standard InChI is InChI=1S/C28H35NO7/c1-2-7-19-11-13-20(14-12-19)15-16-22(27(33)34)18-21(26(31)32)8-5-6-17-29-25(30)23-9-3-4-10-24(23)28(35)36/h3-4,9-14,21-22H,2,5-8,15-18H2,1H3,(H,29,30)(H,31,32)(H,33,34)(H,35,36). The number of carbonyl (C=O) groups is 4. The molecule has 0 saturated heterocycles. The number of benzene rings is 2. The molecule has 36 heavy (non-hydrogen) atoms. The van der Waals surface area contributed by atoms with Crippen molar-refractivity contribution in [2.24, 2.45) is 11.8 Å². The first-order valence-corrected chi connectivity index (χ1v) is 12.4. The number of amides is 1. The fraction of sp³-hybridized carbons (Fsp3) is 0.429. The highest BCUT2D eigenvalue weighted by Crippen LogP contribution is 2.23. The Labute approximate surface area is 211 Å². The van der Waals surface area contributed by atoms with E-state index in [1.807, 2.05) is 24.3 Å². The lowest BCUT2D eigenvalue weighted by Gasteiger charge is -2.18. The first-order valence-electron chi connectivity index (χ1n) is 12.4. The van der Waals surface area contributed by atoms with E-state index < -0.39 is 35.7 Å². The van der Waals surface area contributed by atoms with Crippen molar-refractivity contribution in [1.82, 2.24) is 5.32 Å². The van der Waals surface area contributed by atoms with Crippen LogP contribution in [0.1, 0.15) is 77.3 Å². The van der Waals surface area contributed by atoms with E-state index in [1.165, 1.54) is 17.7 Å². The van der Waals surface area contributed by atoms with Gasteiger partial charge in [-0.1, -0.05) is 56.2 Å². The van der Waals surface area contributed by atoms with E-state index >= 15 is 0 Å². The number of aryl methyl sites for hydroxylation is 2. The topological polar surface area (TPSA) is 141 Å². The minimum atomic E-state index is -1.19. The average Bonchev–Trinajstić information content (AvgIpc) is 2.85. The Morgan fingerprint density at radius 3 is 1.86 bits per heavy atom. The molecule has 0 saturated carbocycles. The van der Waals surface area contributed by atoms with Crippen molar-refractivity contribution in [3.63, 3.8) is 0 Å². The van der Waals surface area contributed by atoms with E-state index in [0.29, 0.717) is 32.1 Å². The molecule has 2 aromatic rings. The lowest BCUT2D eigenvalue weighted by atomic mass is 9.87. The maximum absolute atomic E-state index is 12.3. The smallest absolute Gasteiger partial charge is 0.336 e. The number of hydrogen-bond acceptors (Lipinski definition) is 4. The van der Waals surface area contributed by atoms with Crippen LogP contribution in [0.15, 0.2) is 48.5 Å². The number of aliphatic carboxylic acids is 2. The van der Waals surface area contributed by atoms with Gasteiger partial charge in [0, 0.05) is 6.54 Å². The van der Waals surface area contributed by atoms with Crippen LogP contribution in [-0.2, 0) is 22.4 Å². The van der Waals surface area contributed by atoms with E-state index in [2.05, 4.69) is 12.2 Å². The van der Waals surface area contributed by atoms with Crippen molar-refractivity contribution < 1.29 is 34.5 Å². The summed E-state index contributed by atoms with van der Waals surface area (Å²) < 4.78 is 0. The van der Waals surface area contributed by atoms with Gasteiger partial charge in [0.15, 0.2) is 0 Å². The number of nitrogens with one attached hydrogen (secondary N) is 1. The summed E-state index contributed by atoms with van der Waals surface area (Å²) in [6, 6.07) is 14.0. The molecule has 2 rings (SSSR count). The van der Waals surface area contributed by atoms with Gasteiger partial charge in [-0.15, -0.1) is 0 Å². The maximum atomic E-state index is 12.3. The zero-order chi connectivity index (χ0) is 26.5. The molecule has 0 aliphatic heterocycles. The molecule has 1 amide bonds. The molecule has 2 aromatic carbocycles. The van der Waals surface area contributed by atoms with Crippen LogP contribution >= 0.6 is 0 Å². The molecular weight excluding hydrogens is 462 g/mol. The van der Waals surface area contributed by atoms with Crippen LogP contribution in [0.3, 0.4) is 0 Å². The Kier molecular flexibility index (Phi) is 11.6. The summed E-state index contributed by atoms with van der Waals surface area (Å²) in [5.74, 6) is -5.25. The van der Waals surface area contributed by atoms with Gasteiger partial charge in [-0.25, -0.2) is 4.79 Å². The third-order valence-electron chi connectivity index (χ3n) is 6.28. The zero-order valence-corrected chi connectivity index (χ0v) is 20.6. The van der Waals surface area contributed by atoms with E-state index in [4.69, 9.17) is 0 Å². The lowest BCUT2D eigenvalue weighted by molar-refractivity contribution is -0.146. The fourth-order valence-corrected chi connectivity index (χ4v) is 4.21. The summed E-state index contributed by atoms with van der Waals surface area (Å²) in [5, 5.41) is 31.1. The van der Waals surface area contributed by atoms with Gasteiger partial charge in [0.05, 0.1) is 23.0 Å². The van der Waals surface area contributed by atoms with Gasteiger partial charge in [0.25, 0.3) is 5.91 Å². The van der Waals surface area contributed by atoms with Crippen molar-refractivity contribution in [2.75, 3.05) is 6.54 Å². The Balaban J connectivity index is 1.82. The quantitative estimate of drug-likeness (QED) is 0.247. The van der Waals surface area contributed by atoms with Crippen LogP contribution in [0.2, 0.25) is 0 Å². The largest absolute Gasteiger partial charge is 0.481 e. The van der Waals surface area contributed by atoms with Crippen molar-refractivity contribution in [3.05, 3.63) is 70.8 Å². The van der Waals surface area contributed by atoms with Gasteiger partial charge in [-0.05, 0) is 61.8 Å². The number of carboxylic acids is 3. The van der Waals surface area contributed by atoms with Crippen LogP contribution in [0, 0.1) is 11.8 Å². The first kappa shape index (κ1) is 28.6. The molecule has 8 nitrogen and oxygen atoms in total. The first-order chi connectivity index (χ1) is 17.2. The predicted octanol–water partition coefficient (Wildman–Crippen LogP) is 4.66. The highest BCUT2D eigenvalue weighted by Gasteiger charge is 2.26. The number of rotatable bonds is 16. The molecule has 8 heteroatoms. The number of hydrogen-bond donors (Lipinski definition) is 4. The number of carbonyl (C=O) groups excluding carboxylic acids is 1. The summed E-state index contributed by atoms with van der Waals surface area (Å²) in [5.41, 5.74) is 2.26. The molecule has 0 aliphatic carbocycles. The Morgan fingerprint density at radius 2 is 1.31 bits per heavy atom. The minimum absolute atomic E-state index is 0.0525. The molecular formula is C28H35NO7. The van der Waals surface area contributed by atoms with Gasteiger partial charge >= 0.3 is 17.9 Å². The number of unbranched alkanes of at least 4 members (excludes halogenated alkanes) is 1. The van der Waals surface area contributed by atoms with Crippen molar-refractivity contribution in [2.45, 2.75) is 58.3 Å². The van der Waals surface area contributed by atoms with E-state index in [1.54, 1.807) is 12.1 Å². The summed E-state index contributed by atoms with van der Waals surface area (Å²) in [4.78, 5) is 47.1. The molecule has 0 aliphatic rings. The predicted molar refractivity (Wildman–Crippen MR) is 135 cm³/mol. The monoisotopic (exact) mass is 497 g/mol. The second-order valence-electron chi connectivity index (χ2n) is 9.01. The van der Waals surface area contributed by atoms with Crippen molar-refractivity contribution in [1.29, 1.82) is 0 Å². The molecule has 0 heterocycles. The number of carboxylic acid groups (broad SMARTS) is 3. The Morgan fingerprint density at radius 1 is 0.750 bits per heavy atom. The van der Waals surface area contributed by atoms with Gasteiger partial charge in [-0.3, -0.25) is 14.4 Å². The molecule has 2 atom stereocenters. The minimum Gasteiger partial charge on any atom is -0.481 e. The molecule has 4 N–H and O–H groups in total. The van der Waals surface area contributed by atoms with Gasteiger partial charge in [0.2, 0.25) is 0 Å². The molecule has 0 fully saturated rings. The molecule has 0 bridgehead atoms. The van der Waals surface area contributed by atoms with Gasteiger partial charge < -0.3 is 20.6 Å². The Bertz CT molecular complexity index is 1030. The van der Waals surface area contributed by atoms with Crippen LogP contribution in [-0.4, -0.2) is 45.7 Å². The van der Waals surface area contributed by atoms with E-state index in [0.717, 1.165) is 18.4 Å². The molecule has 194 valence electrons. The van der Waals surface area contributed by atoms with Gasteiger partial charge in [-0.2, -0.15) is 0 Å². The summed E-state index contributed by atoms with van der Waals surface area (Å²) in [7, 11) is 0. The summed E-state index contributed by atoms with van der Waals surface area (Å²) >= 11 is 0. The SMILES string of the molecule is CCCc1ccc(CCC(CC(CCCCNC(=O)c2ccccc2C(=O)O)C(=O)O)C(=O)O)cc1. The van der Waals surface area contributed by atoms with Gasteiger partial charge in [0.1, 0.15) is 0 Å².